The molecule has 0 aliphatic heterocycles. The number of amides is 1. The lowest BCUT2D eigenvalue weighted by molar-refractivity contribution is -0.187. The van der Waals surface area contributed by atoms with E-state index in [0.717, 1.165) is 5.56 Å². The van der Waals surface area contributed by atoms with Gasteiger partial charge in [-0.1, -0.05) is 36.8 Å². The Morgan fingerprint density at radius 1 is 1.16 bits per heavy atom. The fourth-order valence-corrected chi connectivity index (χ4v) is 3.37. The van der Waals surface area contributed by atoms with Gasteiger partial charge >= 0.3 is 6.18 Å². The predicted molar refractivity (Wildman–Crippen MR) is 94.5 cm³/mol. The second-order valence-corrected chi connectivity index (χ2v) is 6.45. The summed E-state index contributed by atoms with van der Waals surface area (Å²) in [4.78, 5) is 14.3. The highest BCUT2D eigenvalue weighted by Gasteiger charge is 2.44. The Morgan fingerprint density at radius 3 is 2.44 bits per heavy atom. The third-order valence-electron chi connectivity index (χ3n) is 4.71. The van der Waals surface area contributed by atoms with Gasteiger partial charge in [-0.15, -0.1) is 12.4 Å². The first-order valence-corrected chi connectivity index (χ1v) is 8.51. The van der Waals surface area contributed by atoms with E-state index in [1.54, 1.807) is 4.90 Å². The number of carbonyl (C=O) groups is 1. The number of hydrogen-bond donors (Lipinski definition) is 1. The lowest BCUT2D eigenvalue weighted by Crippen LogP contribution is -2.43. The van der Waals surface area contributed by atoms with Gasteiger partial charge in [0.25, 0.3) is 0 Å². The number of carbonyl (C=O) groups excluding carboxylic acids is 1. The fourth-order valence-electron chi connectivity index (χ4n) is 3.37. The molecule has 142 valence electrons. The molecule has 0 saturated heterocycles. The molecule has 3 nitrogen and oxygen atoms in total. The summed E-state index contributed by atoms with van der Waals surface area (Å²) in [5, 5.41) is 0. The molecule has 1 amide bonds. The second-order valence-electron chi connectivity index (χ2n) is 6.45. The molecule has 1 fully saturated rings. The van der Waals surface area contributed by atoms with E-state index in [1.165, 1.54) is 0 Å². The summed E-state index contributed by atoms with van der Waals surface area (Å²) in [5.41, 5.74) is 6.69. The first-order valence-electron chi connectivity index (χ1n) is 8.51. The Labute approximate surface area is 153 Å². The highest BCUT2D eigenvalue weighted by Crippen LogP contribution is 2.40. The molecular weight excluding hydrogens is 353 g/mol. The normalized spacial score (nSPS) is 20.6. The Kier molecular flexibility index (Phi) is 8.73. The molecule has 1 aromatic carbocycles. The SMILES string of the molecule is Cl.NCCN(CCc1ccccc1)C(=O)C1CCCC(C(F)(F)F)C1. The Bertz CT molecular complexity index is 525. The average molecular weight is 379 g/mol. The first kappa shape index (κ1) is 21.8. The van der Waals surface area contributed by atoms with Gasteiger partial charge in [0.2, 0.25) is 5.91 Å². The number of alkyl halides is 3. The molecule has 1 aliphatic rings. The van der Waals surface area contributed by atoms with Gasteiger partial charge in [-0.2, -0.15) is 13.2 Å². The molecule has 0 bridgehead atoms. The number of halogens is 4. The van der Waals surface area contributed by atoms with Gasteiger partial charge in [-0.3, -0.25) is 4.79 Å². The van der Waals surface area contributed by atoms with Crippen molar-refractivity contribution in [2.45, 2.75) is 38.3 Å². The Hall–Kier alpha value is -1.27. The van der Waals surface area contributed by atoms with Gasteiger partial charge < -0.3 is 10.6 Å². The standard InChI is InChI=1S/C18H25F3N2O.ClH/c19-18(20,21)16-8-4-7-15(13-16)17(24)23(12-10-22)11-9-14-5-2-1-3-6-14;/h1-3,5-6,15-16H,4,7-13,22H2;1H. The van der Waals surface area contributed by atoms with E-state index in [1.807, 2.05) is 30.3 Å². The van der Waals surface area contributed by atoms with Crippen LogP contribution in [0.1, 0.15) is 31.2 Å². The Balaban J connectivity index is 0.00000312. The molecule has 1 aliphatic carbocycles. The van der Waals surface area contributed by atoms with Crippen LogP contribution in [0.3, 0.4) is 0 Å². The molecule has 1 aromatic rings. The van der Waals surface area contributed by atoms with E-state index in [4.69, 9.17) is 5.73 Å². The van der Waals surface area contributed by atoms with Crippen LogP contribution in [0.2, 0.25) is 0 Å². The molecule has 0 radical (unpaired) electrons. The summed E-state index contributed by atoms with van der Waals surface area (Å²) in [5.74, 6) is -2.06. The zero-order valence-corrected chi connectivity index (χ0v) is 15.0. The number of benzene rings is 1. The van der Waals surface area contributed by atoms with Crippen LogP contribution in [0.25, 0.3) is 0 Å². The van der Waals surface area contributed by atoms with E-state index < -0.39 is 18.0 Å². The number of hydrogen-bond acceptors (Lipinski definition) is 2. The topological polar surface area (TPSA) is 46.3 Å². The number of nitrogens with zero attached hydrogens (tertiary/aromatic N) is 1. The van der Waals surface area contributed by atoms with Gasteiger partial charge in [0.05, 0.1) is 5.92 Å². The van der Waals surface area contributed by atoms with Crippen LogP contribution < -0.4 is 5.73 Å². The highest BCUT2D eigenvalue weighted by molar-refractivity contribution is 5.85. The van der Waals surface area contributed by atoms with Gasteiger partial charge in [-0.25, -0.2) is 0 Å². The van der Waals surface area contributed by atoms with Crippen LogP contribution in [0.5, 0.6) is 0 Å². The van der Waals surface area contributed by atoms with Crippen LogP contribution in [-0.4, -0.2) is 36.6 Å². The molecule has 0 heterocycles. The molecule has 1 saturated carbocycles. The summed E-state index contributed by atoms with van der Waals surface area (Å²) in [6, 6.07) is 9.74. The van der Waals surface area contributed by atoms with Crippen molar-refractivity contribution in [3.05, 3.63) is 35.9 Å². The minimum Gasteiger partial charge on any atom is -0.341 e. The summed E-state index contributed by atoms with van der Waals surface area (Å²) in [6.45, 7) is 1.20. The largest absolute Gasteiger partial charge is 0.391 e. The maximum atomic E-state index is 13.0. The first-order chi connectivity index (χ1) is 11.4. The monoisotopic (exact) mass is 378 g/mol. The molecule has 0 aromatic heterocycles. The highest BCUT2D eigenvalue weighted by atomic mass is 35.5. The van der Waals surface area contributed by atoms with Gasteiger partial charge in [0, 0.05) is 25.6 Å². The molecule has 2 atom stereocenters. The van der Waals surface area contributed by atoms with Crippen LogP contribution in [0.15, 0.2) is 30.3 Å². The lowest BCUT2D eigenvalue weighted by atomic mass is 9.80. The van der Waals surface area contributed by atoms with Crippen molar-refractivity contribution in [1.82, 2.24) is 4.90 Å². The number of rotatable bonds is 6. The third kappa shape index (κ3) is 6.51. The smallest absolute Gasteiger partial charge is 0.341 e. The quantitative estimate of drug-likeness (QED) is 0.818. The summed E-state index contributed by atoms with van der Waals surface area (Å²) in [6.07, 6.45) is -2.49. The van der Waals surface area contributed by atoms with E-state index in [2.05, 4.69) is 0 Å². The van der Waals surface area contributed by atoms with Crippen molar-refractivity contribution in [2.75, 3.05) is 19.6 Å². The van der Waals surface area contributed by atoms with Gasteiger partial charge in [-0.05, 0) is 31.2 Å². The molecule has 0 spiro atoms. The van der Waals surface area contributed by atoms with Gasteiger partial charge in [0.15, 0.2) is 0 Å². The van der Waals surface area contributed by atoms with Crippen LogP contribution in [-0.2, 0) is 11.2 Å². The summed E-state index contributed by atoms with van der Waals surface area (Å²) >= 11 is 0. The van der Waals surface area contributed by atoms with E-state index in [0.29, 0.717) is 38.9 Å². The molecule has 2 N–H and O–H groups in total. The summed E-state index contributed by atoms with van der Waals surface area (Å²) in [7, 11) is 0. The zero-order chi connectivity index (χ0) is 17.6. The van der Waals surface area contributed by atoms with Crippen molar-refractivity contribution in [3.63, 3.8) is 0 Å². The van der Waals surface area contributed by atoms with Crippen LogP contribution >= 0.6 is 12.4 Å². The molecule has 2 rings (SSSR count). The minimum absolute atomic E-state index is 0. The fraction of sp³-hybridized carbons (Fsp3) is 0.611. The van der Waals surface area contributed by atoms with E-state index >= 15 is 0 Å². The zero-order valence-electron chi connectivity index (χ0n) is 14.2. The van der Waals surface area contributed by atoms with Crippen molar-refractivity contribution < 1.29 is 18.0 Å². The average Bonchev–Trinajstić information content (AvgIpc) is 2.58. The predicted octanol–water partition coefficient (Wildman–Crippen LogP) is 3.81. The minimum atomic E-state index is -4.21. The summed E-state index contributed by atoms with van der Waals surface area (Å²) < 4.78 is 38.9. The van der Waals surface area contributed by atoms with E-state index in [-0.39, 0.29) is 31.2 Å². The molecule has 7 heteroatoms. The van der Waals surface area contributed by atoms with E-state index in [9.17, 15) is 18.0 Å². The van der Waals surface area contributed by atoms with Gasteiger partial charge in [0.1, 0.15) is 0 Å². The lowest BCUT2D eigenvalue weighted by Gasteiger charge is -2.33. The maximum absolute atomic E-state index is 13.0. The molecule has 2 unspecified atom stereocenters. The van der Waals surface area contributed by atoms with Crippen molar-refractivity contribution >= 4 is 18.3 Å². The maximum Gasteiger partial charge on any atom is 0.391 e. The van der Waals surface area contributed by atoms with Crippen molar-refractivity contribution in [2.24, 2.45) is 17.6 Å². The Morgan fingerprint density at radius 2 is 1.84 bits per heavy atom. The van der Waals surface area contributed by atoms with Crippen LogP contribution in [0.4, 0.5) is 13.2 Å². The second kappa shape index (κ2) is 10.0. The molecule has 25 heavy (non-hydrogen) atoms. The van der Waals surface area contributed by atoms with Crippen molar-refractivity contribution in [1.29, 1.82) is 0 Å². The van der Waals surface area contributed by atoms with Crippen molar-refractivity contribution in [3.8, 4) is 0 Å². The number of nitrogens with two attached hydrogens (primary N) is 1. The van der Waals surface area contributed by atoms with Crippen LogP contribution in [0, 0.1) is 11.8 Å². The third-order valence-corrected chi connectivity index (χ3v) is 4.71. The molecular formula is C18H26ClF3N2O.